The molecule has 0 rings (SSSR count). The lowest BCUT2D eigenvalue weighted by molar-refractivity contribution is -0.135. The van der Waals surface area contributed by atoms with Crippen LogP contribution in [0.1, 0.15) is 32.1 Å². The lowest BCUT2D eigenvalue weighted by atomic mass is 10.1. The molecule has 0 atom stereocenters. The van der Waals surface area contributed by atoms with Gasteiger partial charge >= 0.3 is 21.5 Å². The molecule has 0 aliphatic rings. The number of rotatable bonds is 6. The third-order valence-electron chi connectivity index (χ3n) is 1.81. The molecule has 118 valence electrons. The molecular formula is C9H18F5NO3S. The Morgan fingerprint density at radius 3 is 1.63 bits per heavy atom. The van der Waals surface area contributed by atoms with E-state index < -0.39 is 40.8 Å². The number of hydrogen-bond acceptors (Lipinski definition) is 3. The van der Waals surface area contributed by atoms with Gasteiger partial charge in [-0.3, -0.25) is 4.55 Å². The molecule has 0 aromatic carbocycles. The highest BCUT2D eigenvalue weighted by Crippen LogP contribution is 2.28. The van der Waals surface area contributed by atoms with E-state index in [0.717, 1.165) is 0 Å². The summed E-state index contributed by atoms with van der Waals surface area (Å²) in [6.07, 6.45) is -7.53. The van der Waals surface area contributed by atoms with E-state index in [1.807, 2.05) is 14.1 Å². The maximum atomic E-state index is 12.5. The van der Waals surface area contributed by atoms with Crippen LogP contribution in [0, 0.1) is 0 Å². The van der Waals surface area contributed by atoms with Crippen LogP contribution in [0.25, 0.3) is 0 Å². The standard InChI is InChI=1S/C7H11F5O3S.C2H7N/c8-6(9,10)4-2-1-3-5-7(11,12)16(13,14)15;1-3-2/h1-5H2,(H,13,14,15);3H,1-2H3. The van der Waals surface area contributed by atoms with Crippen molar-refractivity contribution >= 4 is 10.1 Å². The van der Waals surface area contributed by atoms with Crippen LogP contribution in [-0.4, -0.2) is 38.5 Å². The molecule has 0 bridgehead atoms. The Hall–Kier alpha value is -0.480. The van der Waals surface area contributed by atoms with E-state index in [1.54, 1.807) is 0 Å². The summed E-state index contributed by atoms with van der Waals surface area (Å²) in [6.45, 7) is 0. The average molecular weight is 315 g/mol. The minimum Gasteiger partial charge on any atom is -0.323 e. The van der Waals surface area contributed by atoms with E-state index >= 15 is 0 Å². The van der Waals surface area contributed by atoms with E-state index in [1.165, 1.54) is 0 Å². The van der Waals surface area contributed by atoms with Crippen molar-refractivity contribution in [1.82, 2.24) is 5.32 Å². The zero-order valence-corrected chi connectivity index (χ0v) is 11.4. The molecule has 0 unspecified atom stereocenters. The monoisotopic (exact) mass is 315 g/mol. The first kappa shape index (κ1) is 20.8. The molecule has 0 aliphatic carbocycles. The summed E-state index contributed by atoms with van der Waals surface area (Å²) >= 11 is 0. The third-order valence-corrected chi connectivity index (χ3v) is 2.76. The summed E-state index contributed by atoms with van der Waals surface area (Å²) in [7, 11) is -1.72. The van der Waals surface area contributed by atoms with Gasteiger partial charge < -0.3 is 5.32 Å². The van der Waals surface area contributed by atoms with Gasteiger partial charge in [0.15, 0.2) is 0 Å². The molecule has 0 amide bonds. The van der Waals surface area contributed by atoms with E-state index in [4.69, 9.17) is 4.55 Å². The Morgan fingerprint density at radius 1 is 0.947 bits per heavy atom. The number of nitrogens with one attached hydrogen (secondary N) is 1. The first-order valence-electron chi connectivity index (χ1n) is 5.37. The predicted molar refractivity (Wildman–Crippen MR) is 60.6 cm³/mol. The van der Waals surface area contributed by atoms with Crippen LogP contribution in [0.4, 0.5) is 22.0 Å². The van der Waals surface area contributed by atoms with Crippen molar-refractivity contribution in [3.05, 3.63) is 0 Å². The summed E-state index contributed by atoms with van der Waals surface area (Å²) < 4.78 is 88.2. The van der Waals surface area contributed by atoms with Crippen LogP contribution < -0.4 is 5.32 Å². The van der Waals surface area contributed by atoms with Crippen molar-refractivity contribution in [2.75, 3.05) is 14.1 Å². The SMILES string of the molecule is CNC.O=S(=O)(O)C(F)(F)CCCCCC(F)(F)F. The molecule has 0 fully saturated rings. The Bertz CT molecular complexity index is 329. The predicted octanol–water partition coefficient (Wildman–Crippen LogP) is 2.82. The highest BCUT2D eigenvalue weighted by molar-refractivity contribution is 7.86. The van der Waals surface area contributed by atoms with E-state index in [-0.39, 0.29) is 12.8 Å². The van der Waals surface area contributed by atoms with Crippen LogP contribution in [0.5, 0.6) is 0 Å². The fourth-order valence-electron chi connectivity index (χ4n) is 0.962. The van der Waals surface area contributed by atoms with Gasteiger partial charge in [-0.2, -0.15) is 30.4 Å². The van der Waals surface area contributed by atoms with Crippen molar-refractivity contribution in [2.24, 2.45) is 0 Å². The maximum absolute atomic E-state index is 12.5. The topological polar surface area (TPSA) is 66.4 Å². The molecule has 0 saturated carbocycles. The van der Waals surface area contributed by atoms with Crippen molar-refractivity contribution < 1.29 is 34.9 Å². The Balaban J connectivity index is 0. The largest absolute Gasteiger partial charge is 0.389 e. The summed E-state index contributed by atoms with van der Waals surface area (Å²) in [5.74, 6) is 0. The van der Waals surface area contributed by atoms with Gasteiger partial charge in [0.2, 0.25) is 0 Å². The molecule has 0 heterocycles. The van der Waals surface area contributed by atoms with Crippen LogP contribution in [-0.2, 0) is 10.1 Å². The summed E-state index contributed by atoms with van der Waals surface area (Å²) in [5.41, 5.74) is 0. The van der Waals surface area contributed by atoms with Crippen LogP contribution in [0.3, 0.4) is 0 Å². The highest BCUT2D eigenvalue weighted by atomic mass is 32.2. The lowest BCUT2D eigenvalue weighted by Crippen LogP contribution is -2.27. The van der Waals surface area contributed by atoms with Gasteiger partial charge in [0.05, 0.1) is 0 Å². The van der Waals surface area contributed by atoms with E-state index in [2.05, 4.69) is 5.32 Å². The molecule has 0 radical (unpaired) electrons. The normalized spacial score (nSPS) is 12.8. The minimum absolute atomic E-state index is 0.176. The van der Waals surface area contributed by atoms with Crippen molar-refractivity contribution in [3.8, 4) is 0 Å². The third kappa shape index (κ3) is 12.3. The summed E-state index contributed by atoms with van der Waals surface area (Å²) in [5, 5.41) is -1.54. The second-order valence-electron chi connectivity index (χ2n) is 3.79. The van der Waals surface area contributed by atoms with E-state index in [0.29, 0.717) is 0 Å². The van der Waals surface area contributed by atoms with Crippen LogP contribution in [0.2, 0.25) is 0 Å². The molecule has 0 aromatic heterocycles. The van der Waals surface area contributed by atoms with Crippen molar-refractivity contribution in [3.63, 3.8) is 0 Å². The molecule has 0 saturated heterocycles. The molecule has 4 nitrogen and oxygen atoms in total. The van der Waals surface area contributed by atoms with Gasteiger partial charge in [0.1, 0.15) is 0 Å². The van der Waals surface area contributed by atoms with Gasteiger partial charge in [0, 0.05) is 12.8 Å². The quantitative estimate of drug-likeness (QED) is 0.449. The zero-order valence-electron chi connectivity index (χ0n) is 10.6. The highest BCUT2D eigenvalue weighted by Gasteiger charge is 2.42. The molecule has 19 heavy (non-hydrogen) atoms. The molecule has 10 heteroatoms. The van der Waals surface area contributed by atoms with Crippen LogP contribution >= 0.6 is 0 Å². The van der Waals surface area contributed by atoms with Crippen LogP contribution in [0.15, 0.2) is 0 Å². The first-order valence-corrected chi connectivity index (χ1v) is 6.81. The van der Waals surface area contributed by atoms with Crippen molar-refractivity contribution in [1.29, 1.82) is 0 Å². The zero-order chi connectivity index (χ0) is 15.7. The molecule has 2 N–H and O–H groups in total. The molecular weight excluding hydrogens is 297 g/mol. The Kier molecular flexibility index (Phi) is 9.48. The van der Waals surface area contributed by atoms with Gasteiger partial charge in [-0.05, 0) is 26.9 Å². The number of unbranched alkanes of at least 4 members (excludes halogenated alkanes) is 2. The fraction of sp³-hybridized carbons (Fsp3) is 1.00. The van der Waals surface area contributed by atoms with Gasteiger partial charge in [-0.15, -0.1) is 0 Å². The molecule has 0 aliphatic heterocycles. The number of hydrogen-bond donors (Lipinski definition) is 2. The second-order valence-corrected chi connectivity index (χ2v) is 5.34. The summed E-state index contributed by atoms with van der Waals surface area (Å²) in [4.78, 5) is 0. The molecule has 0 aromatic rings. The number of alkyl halides is 5. The average Bonchev–Trinajstić information content (AvgIpc) is 2.14. The van der Waals surface area contributed by atoms with Gasteiger partial charge in [-0.1, -0.05) is 6.42 Å². The smallest absolute Gasteiger partial charge is 0.323 e. The fourth-order valence-corrected chi connectivity index (χ4v) is 1.36. The first-order chi connectivity index (χ1) is 8.37. The minimum atomic E-state index is -5.47. The molecule has 0 spiro atoms. The number of halogens is 5. The lowest BCUT2D eigenvalue weighted by Gasteiger charge is -2.12. The van der Waals surface area contributed by atoms with Gasteiger partial charge in [-0.25, -0.2) is 0 Å². The van der Waals surface area contributed by atoms with Crippen molar-refractivity contribution in [2.45, 2.75) is 43.5 Å². The van der Waals surface area contributed by atoms with Gasteiger partial charge in [0.25, 0.3) is 0 Å². The summed E-state index contributed by atoms with van der Waals surface area (Å²) in [6, 6.07) is 0. The second kappa shape index (κ2) is 8.64. The maximum Gasteiger partial charge on any atom is 0.389 e. The van der Waals surface area contributed by atoms with E-state index in [9.17, 15) is 30.4 Å². The Morgan fingerprint density at radius 2 is 1.32 bits per heavy atom. The Labute approximate surface area is 109 Å².